The Bertz CT molecular complexity index is 521. The molecule has 1 aromatic rings. The van der Waals surface area contributed by atoms with Crippen molar-refractivity contribution in [3.05, 3.63) is 34.8 Å². The summed E-state index contributed by atoms with van der Waals surface area (Å²) in [4.78, 5) is 0. The van der Waals surface area contributed by atoms with Crippen molar-refractivity contribution in [1.29, 1.82) is 0 Å². The van der Waals surface area contributed by atoms with E-state index in [2.05, 4.69) is 38.4 Å². The van der Waals surface area contributed by atoms with Crippen LogP contribution in [0.2, 0.25) is 0 Å². The van der Waals surface area contributed by atoms with E-state index in [4.69, 9.17) is 21.7 Å². The first-order chi connectivity index (χ1) is 9.62. The maximum atomic E-state index is 5.32. The van der Waals surface area contributed by atoms with E-state index in [1.54, 1.807) is 26.5 Å². The maximum Gasteiger partial charge on any atom is 0.187 e. The van der Waals surface area contributed by atoms with E-state index < -0.39 is 0 Å². The van der Waals surface area contributed by atoms with Gasteiger partial charge < -0.3 is 14.8 Å². The van der Waals surface area contributed by atoms with Crippen LogP contribution in [0.25, 0.3) is 0 Å². The number of nitrogens with one attached hydrogen (secondary N) is 2. The fourth-order valence-corrected chi connectivity index (χ4v) is 2.01. The van der Waals surface area contributed by atoms with Gasteiger partial charge in [-0.3, -0.25) is 5.43 Å². The van der Waals surface area contributed by atoms with E-state index in [0.29, 0.717) is 23.2 Å². The highest BCUT2D eigenvalue weighted by Crippen LogP contribution is 2.33. The van der Waals surface area contributed by atoms with Crippen molar-refractivity contribution in [3.63, 3.8) is 0 Å². The number of benzene rings is 1. The molecule has 0 atom stereocenters. The van der Waals surface area contributed by atoms with Gasteiger partial charge in [-0.25, -0.2) is 0 Å². The zero-order valence-electron chi connectivity index (χ0n) is 11.3. The fourth-order valence-electron chi connectivity index (χ4n) is 1.42. The molecule has 7 heteroatoms. The zero-order valence-corrected chi connectivity index (χ0v) is 13.7. The van der Waals surface area contributed by atoms with E-state index in [1.807, 2.05) is 12.1 Å². The first-order valence-electron chi connectivity index (χ1n) is 5.71. The number of rotatable bonds is 6. The molecule has 1 aromatic carbocycles. The molecule has 0 saturated heterocycles. The molecule has 0 amide bonds. The molecule has 0 fully saturated rings. The molecule has 2 N–H and O–H groups in total. The number of thiocarbonyl (C=S) groups is 1. The lowest BCUT2D eigenvalue weighted by molar-refractivity contribution is 0.354. The molecule has 0 saturated carbocycles. The summed E-state index contributed by atoms with van der Waals surface area (Å²) in [5.41, 5.74) is 3.47. The molecule has 108 valence electrons. The Kier molecular flexibility index (Phi) is 7.03. The third kappa shape index (κ3) is 4.82. The summed E-state index contributed by atoms with van der Waals surface area (Å²) < 4.78 is 11.4. The van der Waals surface area contributed by atoms with Crippen molar-refractivity contribution in [1.82, 2.24) is 10.7 Å². The molecule has 0 spiro atoms. The quantitative estimate of drug-likeness (QED) is 0.354. The average Bonchev–Trinajstić information content (AvgIpc) is 2.44. The van der Waals surface area contributed by atoms with Crippen molar-refractivity contribution < 1.29 is 9.47 Å². The first-order valence-corrected chi connectivity index (χ1v) is 6.91. The van der Waals surface area contributed by atoms with Gasteiger partial charge in [0, 0.05) is 16.6 Å². The van der Waals surface area contributed by atoms with Gasteiger partial charge in [0.2, 0.25) is 0 Å². The monoisotopic (exact) mass is 357 g/mol. The van der Waals surface area contributed by atoms with Crippen LogP contribution >= 0.6 is 28.1 Å². The topological polar surface area (TPSA) is 54.9 Å². The Hall–Kier alpha value is -1.60. The number of ether oxygens (including phenoxy) is 2. The minimum atomic E-state index is 0.419. The lowest BCUT2D eigenvalue weighted by Gasteiger charge is -2.11. The second-order valence-corrected chi connectivity index (χ2v) is 4.92. The Morgan fingerprint density at radius 1 is 1.45 bits per heavy atom. The molecule has 0 unspecified atom stereocenters. The van der Waals surface area contributed by atoms with Crippen LogP contribution < -0.4 is 20.2 Å². The highest BCUT2D eigenvalue weighted by molar-refractivity contribution is 9.10. The predicted octanol–water partition coefficient (Wildman–Crippen LogP) is 2.45. The van der Waals surface area contributed by atoms with Crippen LogP contribution in [0.5, 0.6) is 11.5 Å². The predicted molar refractivity (Wildman–Crippen MR) is 88.8 cm³/mol. The van der Waals surface area contributed by atoms with Gasteiger partial charge in [0.05, 0.1) is 20.4 Å². The number of methoxy groups -OCH3 is 2. The molecule has 0 aromatic heterocycles. The number of hydrazone groups is 1. The highest BCUT2D eigenvalue weighted by atomic mass is 79.9. The van der Waals surface area contributed by atoms with Crippen LogP contribution in [0.1, 0.15) is 5.56 Å². The summed E-state index contributed by atoms with van der Waals surface area (Å²) in [5.74, 6) is 1.22. The van der Waals surface area contributed by atoms with E-state index in [1.165, 1.54) is 0 Å². The normalized spacial score (nSPS) is 10.2. The molecule has 0 aliphatic heterocycles. The van der Waals surface area contributed by atoms with Crippen molar-refractivity contribution in [2.45, 2.75) is 0 Å². The van der Waals surface area contributed by atoms with Gasteiger partial charge in [0.25, 0.3) is 0 Å². The van der Waals surface area contributed by atoms with E-state index in [-0.39, 0.29) is 0 Å². The molecule has 20 heavy (non-hydrogen) atoms. The summed E-state index contributed by atoms with van der Waals surface area (Å²) >= 11 is 8.43. The maximum absolute atomic E-state index is 5.32. The van der Waals surface area contributed by atoms with E-state index in [9.17, 15) is 0 Å². The summed E-state index contributed by atoms with van der Waals surface area (Å²) in [5, 5.41) is 7.37. The van der Waals surface area contributed by atoms with Gasteiger partial charge in [-0.2, -0.15) is 5.10 Å². The summed E-state index contributed by atoms with van der Waals surface area (Å²) in [6, 6.07) is 3.69. The summed E-state index contributed by atoms with van der Waals surface area (Å²) in [6.45, 7) is 4.17. The molecule has 1 rings (SSSR count). The largest absolute Gasteiger partial charge is 0.493 e. The number of hydrogen-bond acceptors (Lipinski definition) is 4. The average molecular weight is 358 g/mol. The standard InChI is InChI=1S/C13H16BrN3O2S/c1-4-5-15-13(20)17-16-8-9-6-10(14)7-11(18-2)12(9)19-3/h4,6-8H,1,5H2,2-3H3,(H2,15,17,20)/b16-8+. The van der Waals surface area contributed by atoms with Gasteiger partial charge in [-0.1, -0.05) is 22.0 Å². The highest BCUT2D eigenvalue weighted by Gasteiger charge is 2.10. The van der Waals surface area contributed by atoms with Gasteiger partial charge in [-0.05, 0) is 24.4 Å². The molecule has 0 bridgehead atoms. The molecular weight excluding hydrogens is 342 g/mol. The van der Waals surface area contributed by atoms with Gasteiger partial charge in [0.1, 0.15) is 0 Å². The summed E-state index contributed by atoms with van der Waals surface area (Å²) in [6.07, 6.45) is 3.31. The molecule has 0 radical (unpaired) electrons. The minimum absolute atomic E-state index is 0.419. The van der Waals surface area contributed by atoms with Crippen molar-refractivity contribution in [2.75, 3.05) is 20.8 Å². The third-order valence-corrected chi connectivity index (χ3v) is 2.94. The van der Waals surface area contributed by atoms with Crippen molar-refractivity contribution >= 4 is 39.5 Å². The van der Waals surface area contributed by atoms with Gasteiger partial charge in [0.15, 0.2) is 16.6 Å². The van der Waals surface area contributed by atoms with E-state index in [0.717, 1.165) is 10.0 Å². The third-order valence-electron chi connectivity index (χ3n) is 2.25. The van der Waals surface area contributed by atoms with Crippen LogP contribution in [0.3, 0.4) is 0 Å². The number of hydrogen-bond donors (Lipinski definition) is 2. The van der Waals surface area contributed by atoms with Crippen molar-refractivity contribution in [2.24, 2.45) is 5.10 Å². The second-order valence-electron chi connectivity index (χ2n) is 3.60. The van der Waals surface area contributed by atoms with Gasteiger partial charge in [-0.15, -0.1) is 6.58 Å². The van der Waals surface area contributed by atoms with Gasteiger partial charge >= 0.3 is 0 Å². The lowest BCUT2D eigenvalue weighted by atomic mass is 10.2. The molecule has 0 heterocycles. The first kappa shape index (κ1) is 16.5. The smallest absolute Gasteiger partial charge is 0.187 e. The Morgan fingerprint density at radius 2 is 2.20 bits per heavy atom. The molecular formula is C13H16BrN3O2S. The second kappa shape index (κ2) is 8.55. The number of halogens is 1. The number of nitrogens with zero attached hydrogens (tertiary/aromatic N) is 1. The van der Waals surface area contributed by atoms with Crippen LogP contribution in [0, 0.1) is 0 Å². The summed E-state index contributed by atoms with van der Waals surface area (Å²) in [7, 11) is 3.16. The van der Waals surface area contributed by atoms with Crippen molar-refractivity contribution in [3.8, 4) is 11.5 Å². The van der Waals surface area contributed by atoms with Crippen LogP contribution in [-0.4, -0.2) is 32.1 Å². The molecule has 0 aliphatic carbocycles. The SMILES string of the molecule is C=CCNC(=S)N/N=C/c1cc(Br)cc(OC)c1OC. The lowest BCUT2D eigenvalue weighted by Crippen LogP contribution is -2.31. The fraction of sp³-hybridized carbons (Fsp3) is 0.231. The minimum Gasteiger partial charge on any atom is -0.493 e. The Labute approximate surface area is 132 Å². The van der Waals surface area contributed by atoms with Crippen LogP contribution in [0.4, 0.5) is 0 Å². The Balaban J connectivity index is 2.83. The van der Waals surface area contributed by atoms with Crippen LogP contribution in [-0.2, 0) is 0 Å². The zero-order chi connectivity index (χ0) is 15.0. The molecule has 0 aliphatic rings. The molecule has 5 nitrogen and oxygen atoms in total. The van der Waals surface area contributed by atoms with E-state index >= 15 is 0 Å². The Morgan fingerprint density at radius 3 is 2.80 bits per heavy atom. The van der Waals surface area contributed by atoms with Crippen LogP contribution in [0.15, 0.2) is 34.4 Å².